The first-order valence-electron chi connectivity index (χ1n) is 18.3. The molecule has 1 unspecified atom stereocenters. The average Bonchev–Trinajstić information content (AvgIpc) is 3.69. The number of imide groups is 1. The molecule has 5 aromatic rings. The highest BCUT2D eigenvalue weighted by molar-refractivity contribution is 6.23. The van der Waals surface area contributed by atoms with Gasteiger partial charge in [0.15, 0.2) is 5.65 Å². The second kappa shape index (κ2) is 14.7. The quantitative estimate of drug-likeness (QED) is 0.139. The molecule has 2 saturated heterocycles. The molecule has 14 nitrogen and oxygen atoms in total. The van der Waals surface area contributed by atoms with E-state index < -0.39 is 23.8 Å². The van der Waals surface area contributed by atoms with Crippen LogP contribution in [0.5, 0.6) is 11.5 Å². The molecule has 276 valence electrons. The Kier molecular flexibility index (Phi) is 9.50. The number of ether oxygens (including phenoxy) is 1. The molecule has 0 bridgehead atoms. The third-order valence-electron chi connectivity index (χ3n) is 10.7. The first kappa shape index (κ1) is 34.9. The third kappa shape index (κ3) is 6.53. The first-order valence-corrected chi connectivity index (χ1v) is 18.3. The predicted octanol–water partition coefficient (Wildman–Crippen LogP) is 4.33. The highest BCUT2D eigenvalue weighted by atomic mass is 16.5. The van der Waals surface area contributed by atoms with Gasteiger partial charge in [-0.3, -0.25) is 19.3 Å². The maximum Gasteiger partial charge on any atom is 0.262 e. The minimum Gasteiger partial charge on any atom is -0.457 e. The summed E-state index contributed by atoms with van der Waals surface area (Å²) in [7, 11) is 1.45. The van der Waals surface area contributed by atoms with Crippen LogP contribution in [0, 0.1) is 5.92 Å². The van der Waals surface area contributed by atoms with Crippen LogP contribution in [0.3, 0.4) is 0 Å². The molecule has 14 heteroatoms. The number of benzene rings is 3. The molecule has 3 aliphatic rings. The van der Waals surface area contributed by atoms with Crippen molar-refractivity contribution in [2.24, 2.45) is 5.92 Å². The van der Waals surface area contributed by atoms with Gasteiger partial charge in [0.05, 0.1) is 22.6 Å². The van der Waals surface area contributed by atoms with Crippen molar-refractivity contribution < 1.29 is 23.9 Å². The Morgan fingerprint density at radius 3 is 2.41 bits per heavy atom. The number of amides is 3. The van der Waals surface area contributed by atoms with Crippen LogP contribution >= 0.6 is 0 Å². The van der Waals surface area contributed by atoms with Gasteiger partial charge in [0, 0.05) is 63.4 Å². The predicted molar refractivity (Wildman–Crippen MR) is 202 cm³/mol. The number of aldehydes is 1. The molecule has 3 amide bonds. The summed E-state index contributed by atoms with van der Waals surface area (Å²) in [6, 6.07) is 21.9. The number of hydrogen-bond acceptors (Lipinski definition) is 11. The summed E-state index contributed by atoms with van der Waals surface area (Å²) < 4.78 is 8.01. The number of nitrogens with zero attached hydrogens (tertiary/aromatic N) is 7. The molecule has 3 N–H and O–H groups in total. The molecule has 54 heavy (non-hydrogen) atoms. The summed E-state index contributed by atoms with van der Waals surface area (Å²) in [6.07, 6.45) is 4.16. The molecule has 2 aromatic heterocycles. The molecule has 0 aliphatic carbocycles. The van der Waals surface area contributed by atoms with Crippen LogP contribution in [0.4, 0.5) is 11.5 Å². The Bertz CT molecular complexity index is 2210. The number of para-hydroxylation sites is 1. The molecule has 0 spiro atoms. The van der Waals surface area contributed by atoms with Gasteiger partial charge in [-0.25, -0.2) is 14.6 Å². The standard InChI is InChI=1S/C40H41N9O5/c1-42-38(51)33(8-5-19-50)48-39(52)31-14-11-28(20-32(31)40(48)53)47-22-25(23-47)21-46-17-15-27(16-18-46)49-37-34(36(41)43-24-44-37)35(45-49)26-9-12-30(13-10-26)54-29-6-3-2-4-7-29/h2-4,6-7,9-14,19-20,24-25,27,33H,5,8,15-18,21-23H2,1H3,(H,42,51)(H2,41,43,44). The SMILES string of the molecule is CNC(=O)C(CCC=O)N1C(=O)c2ccc(N3CC(CN4CCC(n5nc(-c6ccc(Oc7ccccc7)cc6)c6c(N)ncnc65)CC4)C3)cc2C1=O. The summed E-state index contributed by atoms with van der Waals surface area (Å²) in [5, 5.41) is 8.33. The molecule has 2 fully saturated rings. The second-order valence-corrected chi connectivity index (χ2v) is 14.1. The maximum atomic E-state index is 13.4. The van der Waals surface area contributed by atoms with Crippen LogP contribution < -0.4 is 20.7 Å². The van der Waals surface area contributed by atoms with E-state index in [4.69, 9.17) is 15.6 Å². The van der Waals surface area contributed by atoms with Crippen molar-refractivity contribution in [1.82, 2.24) is 34.9 Å². The van der Waals surface area contributed by atoms with Crippen LogP contribution in [0.25, 0.3) is 22.3 Å². The van der Waals surface area contributed by atoms with E-state index in [1.54, 1.807) is 12.1 Å². The molecule has 1 atom stereocenters. The van der Waals surface area contributed by atoms with Crippen molar-refractivity contribution in [3.8, 4) is 22.8 Å². The Morgan fingerprint density at radius 1 is 0.963 bits per heavy atom. The Labute approximate surface area is 311 Å². The molecule has 8 rings (SSSR count). The van der Waals surface area contributed by atoms with Crippen molar-refractivity contribution in [2.45, 2.75) is 37.8 Å². The van der Waals surface area contributed by atoms with Gasteiger partial charge < -0.3 is 30.4 Å². The number of piperidine rings is 1. The Balaban J connectivity index is 0.886. The fourth-order valence-corrected chi connectivity index (χ4v) is 7.86. The van der Waals surface area contributed by atoms with Gasteiger partial charge in [-0.1, -0.05) is 18.2 Å². The highest BCUT2D eigenvalue weighted by Gasteiger charge is 2.43. The normalized spacial score (nSPS) is 17.1. The number of likely N-dealkylation sites (tertiary alicyclic amines) is 1. The summed E-state index contributed by atoms with van der Waals surface area (Å²) in [5.41, 5.74) is 10.2. The van der Waals surface area contributed by atoms with Gasteiger partial charge in [-0.15, -0.1) is 0 Å². The van der Waals surface area contributed by atoms with E-state index in [-0.39, 0.29) is 24.4 Å². The fourth-order valence-electron chi connectivity index (χ4n) is 7.86. The number of carbonyl (C=O) groups excluding carboxylic acids is 4. The van der Waals surface area contributed by atoms with Crippen LogP contribution in [0.2, 0.25) is 0 Å². The number of hydrogen-bond donors (Lipinski definition) is 2. The zero-order chi connectivity index (χ0) is 37.3. The number of nitrogens with one attached hydrogen (secondary N) is 1. The van der Waals surface area contributed by atoms with Gasteiger partial charge in [0.1, 0.15) is 41.7 Å². The fraction of sp³-hybridized carbons (Fsp3) is 0.325. The number of anilines is 2. The monoisotopic (exact) mass is 727 g/mol. The number of aromatic nitrogens is 4. The number of nitrogen functional groups attached to an aromatic ring is 1. The lowest BCUT2D eigenvalue weighted by molar-refractivity contribution is -0.124. The lowest BCUT2D eigenvalue weighted by atomic mass is 9.95. The lowest BCUT2D eigenvalue weighted by Gasteiger charge is -2.44. The van der Waals surface area contributed by atoms with E-state index in [0.29, 0.717) is 23.6 Å². The number of likely N-dealkylation sites (N-methyl/N-ethyl adjacent to an activating group) is 1. The highest BCUT2D eigenvalue weighted by Crippen LogP contribution is 2.37. The van der Waals surface area contributed by atoms with Gasteiger partial charge in [0.2, 0.25) is 5.91 Å². The number of fused-ring (bicyclic) bond motifs is 2. The van der Waals surface area contributed by atoms with Gasteiger partial charge in [-0.2, -0.15) is 5.10 Å². The molecule has 5 heterocycles. The summed E-state index contributed by atoms with van der Waals surface area (Å²) in [5.74, 6) is 0.869. The van der Waals surface area contributed by atoms with Crippen molar-refractivity contribution in [3.63, 3.8) is 0 Å². The van der Waals surface area contributed by atoms with Gasteiger partial charge in [-0.05, 0) is 73.9 Å². The second-order valence-electron chi connectivity index (χ2n) is 14.1. The number of nitrogens with two attached hydrogens (primary N) is 1. The van der Waals surface area contributed by atoms with Crippen molar-refractivity contribution >= 4 is 46.5 Å². The van der Waals surface area contributed by atoms with Crippen molar-refractivity contribution in [3.05, 3.63) is 90.3 Å². The molecule has 3 aliphatic heterocycles. The van der Waals surface area contributed by atoms with Crippen LogP contribution in [-0.2, 0) is 9.59 Å². The summed E-state index contributed by atoms with van der Waals surface area (Å²) in [6.45, 7) is 4.48. The van der Waals surface area contributed by atoms with E-state index in [1.165, 1.54) is 13.4 Å². The minimum atomic E-state index is -1.03. The van der Waals surface area contributed by atoms with Gasteiger partial charge >= 0.3 is 0 Å². The van der Waals surface area contributed by atoms with E-state index in [1.807, 2.05) is 65.3 Å². The van der Waals surface area contributed by atoms with Crippen LogP contribution in [0.15, 0.2) is 79.1 Å². The Morgan fingerprint density at radius 2 is 1.69 bits per heavy atom. The first-order chi connectivity index (χ1) is 26.3. The van der Waals surface area contributed by atoms with Crippen molar-refractivity contribution in [2.75, 3.05) is 50.4 Å². The van der Waals surface area contributed by atoms with E-state index in [9.17, 15) is 19.2 Å². The van der Waals surface area contributed by atoms with E-state index >= 15 is 0 Å². The molecule has 0 radical (unpaired) electrons. The van der Waals surface area contributed by atoms with E-state index in [0.717, 1.165) is 89.9 Å². The Hall–Kier alpha value is -6.15. The lowest BCUT2D eigenvalue weighted by Crippen LogP contribution is -2.52. The van der Waals surface area contributed by atoms with E-state index in [2.05, 4.69) is 25.1 Å². The summed E-state index contributed by atoms with van der Waals surface area (Å²) in [4.78, 5) is 64.7. The van der Waals surface area contributed by atoms with Crippen LogP contribution in [0.1, 0.15) is 52.4 Å². The smallest absolute Gasteiger partial charge is 0.262 e. The molecule has 3 aromatic carbocycles. The minimum absolute atomic E-state index is 0.0658. The summed E-state index contributed by atoms with van der Waals surface area (Å²) >= 11 is 0. The molecular formula is C40H41N9O5. The van der Waals surface area contributed by atoms with Crippen molar-refractivity contribution in [1.29, 1.82) is 0 Å². The number of carbonyl (C=O) groups is 4. The van der Waals surface area contributed by atoms with Gasteiger partial charge in [0.25, 0.3) is 11.8 Å². The topological polar surface area (TPSA) is 169 Å². The molecular weight excluding hydrogens is 686 g/mol. The third-order valence-corrected chi connectivity index (χ3v) is 10.7. The molecule has 0 saturated carbocycles. The largest absolute Gasteiger partial charge is 0.457 e. The average molecular weight is 728 g/mol. The maximum absolute atomic E-state index is 13.4. The zero-order valence-electron chi connectivity index (χ0n) is 29.9. The van der Waals surface area contributed by atoms with Crippen LogP contribution in [-0.4, -0.2) is 99.4 Å². The zero-order valence-corrected chi connectivity index (χ0v) is 29.9. The number of rotatable bonds is 12.